The van der Waals surface area contributed by atoms with Crippen LogP contribution in [0, 0.1) is 42.2 Å². The topological polar surface area (TPSA) is 44.2 Å². The molecular formula is C26H26F4N2O2. The second-order valence-electron chi connectivity index (χ2n) is 8.90. The fraction of sp³-hybridized carbons (Fsp3) is 0.462. The third kappa shape index (κ3) is 5.31. The molecule has 0 N–H and O–H groups in total. The summed E-state index contributed by atoms with van der Waals surface area (Å²) < 4.78 is 69.6. The highest BCUT2D eigenvalue weighted by Gasteiger charge is 2.44. The molecule has 0 amide bonds. The van der Waals surface area contributed by atoms with Crippen molar-refractivity contribution in [2.24, 2.45) is 11.8 Å². The molecule has 0 bridgehead atoms. The molecule has 34 heavy (non-hydrogen) atoms. The number of rotatable bonds is 4. The van der Waals surface area contributed by atoms with Crippen LogP contribution in [0.1, 0.15) is 60.4 Å². The zero-order chi connectivity index (χ0) is 24.3. The second-order valence-corrected chi connectivity index (χ2v) is 8.90. The molecule has 4 nitrogen and oxygen atoms in total. The van der Waals surface area contributed by atoms with E-state index in [2.05, 4.69) is 28.4 Å². The van der Waals surface area contributed by atoms with Crippen LogP contribution in [-0.4, -0.2) is 29.1 Å². The van der Waals surface area contributed by atoms with Gasteiger partial charge in [0.1, 0.15) is 5.82 Å². The summed E-state index contributed by atoms with van der Waals surface area (Å²) in [6.45, 7) is 5.84. The van der Waals surface area contributed by atoms with Crippen LogP contribution in [0.5, 0.6) is 0 Å². The molecule has 1 aromatic carbocycles. The monoisotopic (exact) mass is 474 g/mol. The van der Waals surface area contributed by atoms with Gasteiger partial charge in [0.15, 0.2) is 17.9 Å². The molecule has 2 fully saturated rings. The number of nitrogens with zero attached hydrogens (tertiary/aromatic N) is 2. The van der Waals surface area contributed by atoms with E-state index >= 15 is 0 Å². The molecule has 1 saturated heterocycles. The van der Waals surface area contributed by atoms with Gasteiger partial charge in [0.25, 0.3) is 5.92 Å². The molecule has 1 aromatic heterocycles. The number of hydrogen-bond donors (Lipinski definition) is 0. The van der Waals surface area contributed by atoms with E-state index in [4.69, 9.17) is 9.47 Å². The average molecular weight is 474 g/mol. The predicted octanol–water partition coefficient (Wildman–Crippen LogP) is 5.87. The van der Waals surface area contributed by atoms with Crippen LogP contribution >= 0.6 is 0 Å². The molecule has 1 aliphatic carbocycles. The standard InChI is InChI=1S/C26H26F4N2O2/c1-3-4-17-5-8-20(26(29,30)11-17)9-6-18-7-10-21(23(28)22(18)27)25-33-14-19(15-34-25)24-31-12-16(2)13-32-24/h3,7,10,12-13,17,19-20,25H,1,4-5,8,11,14-15H2,2H3. The van der Waals surface area contributed by atoms with Crippen LogP contribution in [0.4, 0.5) is 17.6 Å². The molecule has 2 unspecified atom stereocenters. The van der Waals surface area contributed by atoms with Crippen LogP contribution in [0.15, 0.2) is 37.2 Å². The van der Waals surface area contributed by atoms with Gasteiger partial charge in [0.05, 0.1) is 30.6 Å². The van der Waals surface area contributed by atoms with Gasteiger partial charge in [0.2, 0.25) is 0 Å². The number of aromatic nitrogens is 2. The van der Waals surface area contributed by atoms with E-state index < -0.39 is 29.8 Å². The molecule has 4 rings (SSSR count). The summed E-state index contributed by atoms with van der Waals surface area (Å²) in [6.07, 6.45) is 4.97. The molecular weight excluding hydrogens is 448 g/mol. The number of alkyl halides is 2. The third-order valence-corrected chi connectivity index (χ3v) is 6.25. The summed E-state index contributed by atoms with van der Waals surface area (Å²) in [6, 6.07) is 2.58. The van der Waals surface area contributed by atoms with Crippen molar-refractivity contribution in [3.63, 3.8) is 0 Å². The van der Waals surface area contributed by atoms with Gasteiger partial charge < -0.3 is 9.47 Å². The number of aryl methyl sites for hydroxylation is 1. The fourth-order valence-corrected chi connectivity index (χ4v) is 4.31. The lowest BCUT2D eigenvalue weighted by Crippen LogP contribution is -2.34. The van der Waals surface area contributed by atoms with E-state index in [1.807, 2.05) is 6.92 Å². The Morgan fingerprint density at radius 2 is 1.82 bits per heavy atom. The Labute approximate surface area is 196 Å². The van der Waals surface area contributed by atoms with Crippen LogP contribution in [-0.2, 0) is 9.47 Å². The van der Waals surface area contributed by atoms with Gasteiger partial charge >= 0.3 is 0 Å². The number of halogens is 4. The number of benzene rings is 1. The number of hydrogen-bond acceptors (Lipinski definition) is 4. The Kier molecular flexibility index (Phi) is 7.34. The minimum atomic E-state index is -2.98. The highest BCUT2D eigenvalue weighted by atomic mass is 19.3. The van der Waals surface area contributed by atoms with Crippen molar-refractivity contribution in [2.75, 3.05) is 13.2 Å². The van der Waals surface area contributed by atoms with Gasteiger partial charge in [-0.3, -0.25) is 0 Å². The summed E-state index contributed by atoms with van der Waals surface area (Å²) in [5.41, 5.74) is 0.540. The van der Waals surface area contributed by atoms with Crippen molar-refractivity contribution in [1.29, 1.82) is 0 Å². The number of ether oxygens (including phenoxy) is 2. The normalized spacial score (nSPS) is 26.4. The van der Waals surface area contributed by atoms with Crippen molar-refractivity contribution >= 4 is 0 Å². The Morgan fingerprint density at radius 1 is 1.12 bits per heavy atom. The van der Waals surface area contributed by atoms with Gasteiger partial charge in [-0.1, -0.05) is 17.9 Å². The quantitative estimate of drug-likeness (QED) is 0.316. The lowest BCUT2D eigenvalue weighted by Gasteiger charge is -2.33. The Balaban J connectivity index is 1.43. The van der Waals surface area contributed by atoms with E-state index in [1.165, 1.54) is 12.1 Å². The van der Waals surface area contributed by atoms with Gasteiger partial charge in [-0.15, -0.1) is 6.58 Å². The van der Waals surface area contributed by atoms with Gasteiger partial charge in [-0.25, -0.2) is 27.5 Å². The fourth-order valence-electron chi connectivity index (χ4n) is 4.31. The average Bonchev–Trinajstić information content (AvgIpc) is 2.81. The Bertz CT molecular complexity index is 1090. The second kappa shape index (κ2) is 10.2. The minimum Gasteiger partial charge on any atom is -0.347 e. The van der Waals surface area contributed by atoms with E-state index in [0.29, 0.717) is 18.7 Å². The van der Waals surface area contributed by atoms with E-state index in [-0.39, 0.29) is 49.0 Å². The first-order valence-electron chi connectivity index (χ1n) is 11.3. The highest BCUT2D eigenvalue weighted by molar-refractivity contribution is 5.40. The molecule has 180 valence electrons. The molecule has 1 saturated carbocycles. The summed E-state index contributed by atoms with van der Waals surface area (Å²) in [5.74, 6) is -1.44. The van der Waals surface area contributed by atoms with Crippen LogP contribution in [0.25, 0.3) is 0 Å². The van der Waals surface area contributed by atoms with Gasteiger partial charge in [0, 0.05) is 24.4 Å². The van der Waals surface area contributed by atoms with E-state index in [0.717, 1.165) is 5.56 Å². The first-order chi connectivity index (χ1) is 16.3. The predicted molar refractivity (Wildman–Crippen MR) is 118 cm³/mol. The molecule has 2 heterocycles. The van der Waals surface area contributed by atoms with Gasteiger partial charge in [-0.2, -0.15) is 0 Å². The molecule has 1 aliphatic heterocycles. The summed E-state index contributed by atoms with van der Waals surface area (Å²) in [4.78, 5) is 8.49. The van der Waals surface area contributed by atoms with Crippen molar-refractivity contribution in [3.05, 3.63) is 71.3 Å². The first-order valence-corrected chi connectivity index (χ1v) is 11.3. The van der Waals surface area contributed by atoms with Crippen LogP contribution < -0.4 is 0 Å². The smallest absolute Gasteiger partial charge is 0.261 e. The zero-order valence-corrected chi connectivity index (χ0v) is 18.9. The molecule has 0 spiro atoms. The molecule has 2 aliphatic rings. The number of allylic oxidation sites excluding steroid dienone is 1. The summed E-state index contributed by atoms with van der Waals surface area (Å²) >= 11 is 0. The van der Waals surface area contributed by atoms with E-state index in [9.17, 15) is 17.6 Å². The maximum Gasteiger partial charge on any atom is 0.261 e. The van der Waals surface area contributed by atoms with Crippen molar-refractivity contribution in [2.45, 2.75) is 50.7 Å². The minimum absolute atomic E-state index is 0.110. The molecule has 8 heteroatoms. The molecule has 0 radical (unpaired) electrons. The first kappa shape index (κ1) is 24.4. The molecule has 2 atom stereocenters. The summed E-state index contributed by atoms with van der Waals surface area (Å²) in [7, 11) is 0. The zero-order valence-electron chi connectivity index (χ0n) is 18.9. The molecule has 2 aromatic rings. The SMILES string of the molecule is C=CCC1CCC(C#Cc2ccc(C3OCC(c4ncc(C)cn4)CO3)c(F)c2F)C(F)(F)C1. The van der Waals surface area contributed by atoms with E-state index in [1.54, 1.807) is 18.5 Å². The van der Waals surface area contributed by atoms with Crippen LogP contribution in [0.3, 0.4) is 0 Å². The third-order valence-electron chi connectivity index (χ3n) is 6.25. The van der Waals surface area contributed by atoms with Crippen molar-refractivity contribution in [1.82, 2.24) is 9.97 Å². The largest absolute Gasteiger partial charge is 0.347 e. The van der Waals surface area contributed by atoms with Crippen molar-refractivity contribution < 1.29 is 27.0 Å². The Morgan fingerprint density at radius 3 is 2.47 bits per heavy atom. The maximum absolute atomic E-state index is 14.8. The van der Waals surface area contributed by atoms with Gasteiger partial charge in [-0.05, 0) is 49.8 Å². The highest BCUT2D eigenvalue weighted by Crippen LogP contribution is 2.42. The van der Waals surface area contributed by atoms with Crippen LogP contribution in [0.2, 0.25) is 0 Å². The summed E-state index contributed by atoms with van der Waals surface area (Å²) in [5, 5.41) is 0. The lowest BCUT2D eigenvalue weighted by atomic mass is 9.78. The maximum atomic E-state index is 14.8. The van der Waals surface area contributed by atoms with Crippen molar-refractivity contribution in [3.8, 4) is 11.8 Å². The Hall–Kier alpha value is -2.76. The lowest BCUT2D eigenvalue weighted by molar-refractivity contribution is -0.194.